The third kappa shape index (κ3) is 4.23. The molecule has 0 unspecified atom stereocenters. The summed E-state index contributed by atoms with van der Waals surface area (Å²) in [6.45, 7) is 4.40. The average Bonchev–Trinajstić information content (AvgIpc) is 3.52. The standard InChI is InChI=1S/C26H25ClFN9O/c1-26(38,18-3-5-20(28)6-4-18)19-12-29-25(30-13-19)36-9-7-35(8-10-36)24-23-22(27)21(15-37(23)33-16-31-24)17-11-32-34(2)14-17/h3-6,11-16,38H,7-10H2,1-2H3/p+1/t26-/m0/s1. The minimum atomic E-state index is -1.34. The molecule has 0 amide bonds. The third-order valence-corrected chi connectivity index (χ3v) is 7.41. The zero-order valence-corrected chi connectivity index (χ0v) is 21.6. The number of anilines is 2. The maximum absolute atomic E-state index is 13.3. The number of piperazine rings is 1. The number of rotatable bonds is 5. The van der Waals surface area contributed by atoms with E-state index in [1.165, 1.54) is 12.1 Å². The molecule has 0 radical (unpaired) electrons. The molecule has 5 heterocycles. The Balaban J connectivity index is 1.19. The van der Waals surface area contributed by atoms with Gasteiger partial charge in [-0.25, -0.2) is 23.9 Å². The van der Waals surface area contributed by atoms with Crippen molar-refractivity contribution in [2.45, 2.75) is 12.5 Å². The van der Waals surface area contributed by atoms with Crippen molar-refractivity contribution in [2.24, 2.45) is 7.05 Å². The van der Waals surface area contributed by atoms with Crippen LogP contribution < -0.4 is 14.5 Å². The molecular weight excluding hydrogens is 509 g/mol. The van der Waals surface area contributed by atoms with Crippen LogP contribution >= 0.6 is 11.6 Å². The molecule has 4 aromatic heterocycles. The van der Waals surface area contributed by atoms with Gasteiger partial charge in [0.15, 0.2) is 12.9 Å². The van der Waals surface area contributed by atoms with Gasteiger partial charge >= 0.3 is 0 Å². The van der Waals surface area contributed by atoms with Crippen LogP contribution in [0.25, 0.3) is 16.6 Å². The molecule has 2 N–H and O–H groups in total. The molecular formula is C26H26ClFN9O+. The maximum atomic E-state index is 13.3. The number of benzene rings is 1. The van der Waals surface area contributed by atoms with E-state index < -0.39 is 5.60 Å². The predicted octanol–water partition coefficient (Wildman–Crippen LogP) is 2.71. The summed E-state index contributed by atoms with van der Waals surface area (Å²) in [6, 6.07) is 5.77. The van der Waals surface area contributed by atoms with E-state index >= 15 is 0 Å². The molecule has 1 fully saturated rings. The number of aryl methyl sites for hydroxylation is 1. The van der Waals surface area contributed by atoms with Gasteiger partial charge in [0.25, 0.3) is 0 Å². The molecule has 6 rings (SSSR count). The van der Waals surface area contributed by atoms with Gasteiger partial charge in [-0.3, -0.25) is 0 Å². The topological polar surface area (TPSA) is 102 Å². The van der Waals surface area contributed by atoms with Gasteiger partial charge in [0.2, 0.25) is 12.1 Å². The van der Waals surface area contributed by atoms with E-state index in [9.17, 15) is 9.50 Å². The zero-order valence-electron chi connectivity index (χ0n) is 20.9. The smallest absolute Gasteiger partial charge is 0.225 e. The normalized spacial score (nSPS) is 15.7. The van der Waals surface area contributed by atoms with Gasteiger partial charge in [-0.05, 0) is 24.6 Å². The molecule has 5 aromatic rings. The lowest BCUT2D eigenvalue weighted by Crippen LogP contribution is -2.47. The highest BCUT2D eigenvalue weighted by Gasteiger charge is 2.28. The van der Waals surface area contributed by atoms with Crippen LogP contribution in [0.4, 0.5) is 16.2 Å². The summed E-state index contributed by atoms with van der Waals surface area (Å²) in [5, 5.41) is 19.1. The Morgan fingerprint density at radius 2 is 1.71 bits per heavy atom. The first-order valence-corrected chi connectivity index (χ1v) is 12.6. The minimum absolute atomic E-state index is 0.354. The Hall–Kier alpha value is -4.09. The summed E-state index contributed by atoms with van der Waals surface area (Å²) in [7, 11) is 1.92. The molecule has 194 valence electrons. The Kier molecular flexibility index (Phi) is 5.96. The van der Waals surface area contributed by atoms with Crippen LogP contribution in [0.5, 0.6) is 0 Å². The summed E-state index contributed by atoms with van der Waals surface area (Å²) in [5.41, 5.74) is 2.38. The Morgan fingerprint density at radius 1 is 1.03 bits per heavy atom. The summed E-state index contributed by atoms with van der Waals surface area (Å²) >= 11 is 6.83. The number of nitrogens with zero attached hydrogens (tertiary/aromatic N) is 8. The van der Waals surface area contributed by atoms with Crippen LogP contribution in [-0.4, -0.2) is 61.0 Å². The molecule has 0 aliphatic carbocycles. The van der Waals surface area contributed by atoms with Crippen LogP contribution in [0.15, 0.2) is 61.6 Å². The molecule has 38 heavy (non-hydrogen) atoms. The number of aromatic nitrogens is 7. The molecule has 1 aromatic carbocycles. The van der Waals surface area contributed by atoms with Gasteiger partial charge in [0.05, 0.1) is 16.8 Å². The Labute approximate surface area is 223 Å². The van der Waals surface area contributed by atoms with Gasteiger partial charge in [0.1, 0.15) is 23.3 Å². The first kappa shape index (κ1) is 24.3. The first-order valence-electron chi connectivity index (χ1n) is 12.2. The lowest BCUT2D eigenvalue weighted by Gasteiger charge is -2.35. The lowest BCUT2D eigenvalue weighted by atomic mass is 9.90. The molecule has 0 spiro atoms. The van der Waals surface area contributed by atoms with Gasteiger partial charge in [-0.1, -0.05) is 23.7 Å². The average molecular weight is 535 g/mol. The van der Waals surface area contributed by atoms with E-state index in [0.717, 1.165) is 22.5 Å². The van der Waals surface area contributed by atoms with Crippen molar-refractivity contribution < 1.29 is 14.2 Å². The van der Waals surface area contributed by atoms with Crippen molar-refractivity contribution >= 4 is 28.9 Å². The van der Waals surface area contributed by atoms with Crippen LogP contribution in [0.1, 0.15) is 18.1 Å². The summed E-state index contributed by atoms with van der Waals surface area (Å²) in [6.07, 6.45) is 10.6. The van der Waals surface area contributed by atoms with E-state index in [-0.39, 0.29) is 5.82 Å². The third-order valence-electron chi connectivity index (χ3n) is 7.03. The number of halogens is 2. The maximum Gasteiger partial charge on any atom is 0.225 e. The van der Waals surface area contributed by atoms with Crippen molar-refractivity contribution in [3.05, 3.63) is 83.5 Å². The molecule has 1 saturated heterocycles. The van der Waals surface area contributed by atoms with Gasteiger partial charge < -0.3 is 14.9 Å². The fraction of sp³-hybridized carbons (Fsp3) is 0.269. The molecule has 1 atom stereocenters. The quantitative estimate of drug-likeness (QED) is 0.334. The van der Waals surface area contributed by atoms with Crippen molar-refractivity contribution in [1.82, 2.24) is 29.7 Å². The Bertz CT molecular complexity index is 1590. The fourth-order valence-corrected chi connectivity index (χ4v) is 5.12. The van der Waals surface area contributed by atoms with Crippen LogP contribution in [-0.2, 0) is 12.6 Å². The lowest BCUT2D eigenvalue weighted by molar-refractivity contribution is -0.726. The van der Waals surface area contributed by atoms with Crippen molar-refractivity contribution in [1.29, 1.82) is 0 Å². The number of nitrogens with one attached hydrogen (secondary N) is 1. The molecule has 1 aliphatic rings. The van der Waals surface area contributed by atoms with E-state index in [1.807, 2.05) is 30.3 Å². The van der Waals surface area contributed by atoms with E-state index in [1.54, 1.807) is 42.3 Å². The van der Waals surface area contributed by atoms with E-state index in [0.29, 0.717) is 48.3 Å². The van der Waals surface area contributed by atoms with Crippen molar-refractivity contribution in [3.8, 4) is 11.1 Å². The molecule has 10 nitrogen and oxygen atoms in total. The fourth-order valence-electron chi connectivity index (χ4n) is 4.79. The molecule has 0 bridgehead atoms. The number of hydrogen-bond acceptors (Lipinski definition) is 7. The molecule has 1 aliphatic heterocycles. The van der Waals surface area contributed by atoms with Crippen LogP contribution in [0, 0.1) is 5.82 Å². The SMILES string of the molecule is C[n+]1cc(-c2cn3ncnc(N4CCN(c5ncc([C@@](C)(O)c6ccc(F)cc6)cn5)CC4)c3c2Cl)c[nH]1. The van der Waals surface area contributed by atoms with E-state index in [4.69, 9.17) is 11.6 Å². The number of aromatic amines is 1. The summed E-state index contributed by atoms with van der Waals surface area (Å²) in [4.78, 5) is 17.9. The van der Waals surface area contributed by atoms with Gasteiger partial charge in [0, 0.05) is 55.9 Å². The number of fused-ring (bicyclic) bond motifs is 1. The highest BCUT2D eigenvalue weighted by molar-refractivity contribution is 6.37. The monoisotopic (exact) mass is 534 g/mol. The van der Waals surface area contributed by atoms with Crippen molar-refractivity contribution in [2.75, 3.05) is 36.0 Å². The summed E-state index contributed by atoms with van der Waals surface area (Å²) < 4.78 is 16.9. The highest BCUT2D eigenvalue weighted by atomic mass is 35.5. The second kappa shape index (κ2) is 9.34. The van der Waals surface area contributed by atoms with E-state index in [2.05, 4.69) is 34.9 Å². The first-order chi connectivity index (χ1) is 18.3. The number of hydrogen-bond donors (Lipinski definition) is 2. The van der Waals surface area contributed by atoms with Crippen LogP contribution in [0.3, 0.4) is 0 Å². The van der Waals surface area contributed by atoms with Crippen molar-refractivity contribution in [3.63, 3.8) is 0 Å². The number of aliphatic hydroxyl groups is 1. The second-order valence-electron chi connectivity index (χ2n) is 9.53. The molecule has 0 saturated carbocycles. The summed E-state index contributed by atoms with van der Waals surface area (Å²) in [5.74, 6) is 1.01. The van der Waals surface area contributed by atoms with Gasteiger partial charge in [-0.2, -0.15) is 10.2 Å². The number of H-pyrrole nitrogens is 1. The highest BCUT2D eigenvalue weighted by Crippen LogP contribution is 2.36. The predicted molar refractivity (Wildman–Crippen MR) is 140 cm³/mol. The Morgan fingerprint density at radius 3 is 2.37 bits per heavy atom. The second-order valence-corrected chi connectivity index (χ2v) is 9.91. The van der Waals surface area contributed by atoms with Gasteiger partial charge in [-0.15, -0.1) is 4.68 Å². The zero-order chi connectivity index (χ0) is 26.4. The largest absolute Gasteiger partial charge is 0.381 e. The minimum Gasteiger partial charge on any atom is -0.381 e. The van der Waals surface area contributed by atoms with Crippen LogP contribution in [0.2, 0.25) is 5.02 Å². The molecule has 12 heteroatoms.